The number of piperidine rings is 1. The first-order chi connectivity index (χ1) is 17.3. The Kier molecular flexibility index (Phi) is 6.87. The molecular weight excluding hydrogens is 492 g/mol. The van der Waals surface area contributed by atoms with Crippen LogP contribution in [0.5, 0.6) is 0 Å². The summed E-state index contributed by atoms with van der Waals surface area (Å²) in [7, 11) is -3.56. The number of anilines is 1. The van der Waals surface area contributed by atoms with E-state index in [-0.39, 0.29) is 17.3 Å². The van der Waals surface area contributed by atoms with E-state index in [1.165, 1.54) is 27.8 Å². The number of nitrogens with zero attached hydrogens (tertiary/aromatic N) is 4. The van der Waals surface area contributed by atoms with Crippen LogP contribution in [0.25, 0.3) is 10.2 Å². The molecule has 1 amide bonds. The molecule has 0 bridgehead atoms. The number of hydrogen-bond donors (Lipinski definition) is 0. The minimum absolute atomic E-state index is 0.211. The second kappa shape index (κ2) is 10.1. The maximum atomic E-state index is 13.7. The summed E-state index contributed by atoms with van der Waals surface area (Å²) >= 11 is 1.46. The smallest absolute Gasteiger partial charge is 0.260 e. The number of pyridine rings is 1. The average Bonchev–Trinajstić information content (AvgIpc) is 3.35. The fourth-order valence-corrected chi connectivity index (χ4v) is 6.93. The van der Waals surface area contributed by atoms with E-state index in [9.17, 15) is 13.2 Å². The Morgan fingerprint density at radius 3 is 2.44 bits per heavy atom. The molecule has 0 aliphatic carbocycles. The topological polar surface area (TPSA) is 83.5 Å². The molecule has 0 radical (unpaired) electrons. The molecule has 3 heterocycles. The van der Waals surface area contributed by atoms with Gasteiger partial charge in [-0.25, -0.2) is 13.4 Å². The zero-order valence-corrected chi connectivity index (χ0v) is 22.0. The zero-order valence-electron chi connectivity index (χ0n) is 20.3. The standard InChI is InChI=1S/C27H28N4O3S2/c1-19-9-14-24-25(20(19)2)29-27(35-24)31(18-22-8-4-5-15-28-22)26(32)21-10-12-23(13-11-21)36(33,34)30-16-6-3-7-17-30/h4-5,8-15H,3,6-7,16-18H2,1-2H3. The maximum Gasteiger partial charge on any atom is 0.260 e. The third-order valence-electron chi connectivity index (χ3n) is 6.65. The number of aryl methyl sites for hydroxylation is 2. The van der Waals surface area contributed by atoms with Crippen LogP contribution in [-0.2, 0) is 16.6 Å². The maximum absolute atomic E-state index is 13.7. The molecule has 2 aromatic carbocycles. The molecule has 4 aromatic rings. The van der Waals surface area contributed by atoms with Crippen molar-refractivity contribution in [3.63, 3.8) is 0 Å². The van der Waals surface area contributed by atoms with Crippen molar-refractivity contribution in [1.82, 2.24) is 14.3 Å². The van der Waals surface area contributed by atoms with Gasteiger partial charge in [-0.3, -0.25) is 14.7 Å². The Balaban J connectivity index is 1.49. The summed E-state index contributed by atoms with van der Waals surface area (Å²) < 4.78 is 28.6. The fourth-order valence-electron chi connectivity index (χ4n) is 4.39. The van der Waals surface area contributed by atoms with E-state index in [0.29, 0.717) is 23.8 Å². The molecule has 5 rings (SSSR count). The third-order valence-corrected chi connectivity index (χ3v) is 9.61. The van der Waals surface area contributed by atoms with Gasteiger partial charge in [0.2, 0.25) is 10.0 Å². The molecule has 2 aromatic heterocycles. The Morgan fingerprint density at radius 1 is 1.00 bits per heavy atom. The first-order valence-corrected chi connectivity index (χ1v) is 14.3. The number of amides is 1. The quantitative estimate of drug-likeness (QED) is 0.343. The lowest BCUT2D eigenvalue weighted by atomic mass is 10.1. The number of sulfonamides is 1. The lowest BCUT2D eigenvalue weighted by Crippen LogP contribution is -2.35. The van der Waals surface area contributed by atoms with Gasteiger partial charge >= 0.3 is 0 Å². The Hall–Kier alpha value is -3.14. The molecule has 1 aliphatic rings. The second-order valence-corrected chi connectivity index (χ2v) is 12.0. The van der Waals surface area contributed by atoms with Crippen molar-refractivity contribution in [3.05, 3.63) is 83.2 Å². The van der Waals surface area contributed by atoms with Gasteiger partial charge in [0, 0.05) is 24.8 Å². The predicted octanol–water partition coefficient (Wildman–Crippen LogP) is 5.33. The molecule has 0 atom stereocenters. The van der Waals surface area contributed by atoms with Crippen molar-refractivity contribution in [3.8, 4) is 0 Å². The summed E-state index contributed by atoms with van der Waals surface area (Å²) in [6.45, 7) is 5.41. The van der Waals surface area contributed by atoms with Crippen LogP contribution in [0.3, 0.4) is 0 Å². The lowest BCUT2D eigenvalue weighted by Gasteiger charge is -2.26. The van der Waals surface area contributed by atoms with Crippen molar-refractivity contribution in [1.29, 1.82) is 0 Å². The molecule has 1 fully saturated rings. The molecular formula is C27H28N4O3S2. The highest BCUT2D eigenvalue weighted by molar-refractivity contribution is 7.89. The zero-order chi connectivity index (χ0) is 25.3. The number of rotatable bonds is 6. The van der Waals surface area contributed by atoms with E-state index in [0.717, 1.165) is 46.3 Å². The highest BCUT2D eigenvalue weighted by atomic mass is 32.2. The predicted molar refractivity (Wildman–Crippen MR) is 143 cm³/mol. The van der Waals surface area contributed by atoms with Gasteiger partial charge in [-0.05, 0) is 80.3 Å². The van der Waals surface area contributed by atoms with Crippen LogP contribution in [0, 0.1) is 13.8 Å². The van der Waals surface area contributed by atoms with Gasteiger partial charge in [0.15, 0.2) is 5.13 Å². The number of carbonyl (C=O) groups excluding carboxylic acids is 1. The molecule has 9 heteroatoms. The summed E-state index contributed by atoms with van der Waals surface area (Å²) in [5.41, 5.74) is 4.26. The van der Waals surface area contributed by atoms with Crippen molar-refractivity contribution >= 4 is 42.6 Å². The molecule has 36 heavy (non-hydrogen) atoms. The normalized spacial score (nSPS) is 14.7. The van der Waals surface area contributed by atoms with Gasteiger partial charge in [-0.2, -0.15) is 4.31 Å². The molecule has 186 valence electrons. The molecule has 0 unspecified atom stereocenters. The number of carbonyl (C=O) groups is 1. The molecule has 1 saturated heterocycles. The summed E-state index contributed by atoms with van der Waals surface area (Å²) in [6.07, 6.45) is 4.50. The number of fused-ring (bicyclic) bond motifs is 1. The molecule has 7 nitrogen and oxygen atoms in total. The van der Waals surface area contributed by atoms with Crippen LogP contribution in [-0.4, -0.2) is 41.7 Å². The Labute approximate surface area is 215 Å². The molecule has 1 aliphatic heterocycles. The van der Waals surface area contributed by atoms with Crippen LogP contribution >= 0.6 is 11.3 Å². The van der Waals surface area contributed by atoms with Crippen LogP contribution in [0.15, 0.2) is 65.7 Å². The van der Waals surface area contributed by atoms with Gasteiger partial charge in [0.05, 0.1) is 27.4 Å². The van der Waals surface area contributed by atoms with Crippen LogP contribution in [0.4, 0.5) is 5.13 Å². The lowest BCUT2D eigenvalue weighted by molar-refractivity contribution is 0.0984. The molecule has 0 saturated carbocycles. The highest BCUT2D eigenvalue weighted by Crippen LogP contribution is 2.33. The fraction of sp³-hybridized carbons (Fsp3) is 0.296. The van der Waals surface area contributed by atoms with Crippen LogP contribution < -0.4 is 4.90 Å². The number of aromatic nitrogens is 2. The van der Waals surface area contributed by atoms with Crippen molar-refractivity contribution < 1.29 is 13.2 Å². The summed E-state index contributed by atoms with van der Waals surface area (Å²) in [5.74, 6) is -0.254. The summed E-state index contributed by atoms with van der Waals surface area (Å²) in [6, 6.07) is 15.9. The Bertz CT molecular complexity index is 1490. The SMILES string of the molecule is Cc1ccc2sc(N(Cc3ccccn3)C(=O)c3ccc(S(=O)(=O)N4CCCCC4)cc3)nc2c1C. The van der Waals surface area contributed by atoms with Crippen molar-refractivity contribution in [2.75, 3.05) is 18.0 Å². The first kappa shape index (κ1) is 24.5. The van der Waals surface area contributed by atoms with Crippen LogP contribution in [0.2, 0.25) is 0 Å². The number of hydrogen-bond acceptors (Lipinski definition) is 6. The monoisotopic (exact) mass is 520 g/mol. The summed E-state index contributed by atoms with van der Waals surface area (Å²) in [4.78, 5) is 24.8. The van der Waals surface area contributed by atoms with Crippen molar-refractivity contribution in [2.24, 2.45) is 0 Å². The summed E-state index contributed by atoms with van der Waals surface area (Å²) in [5, 5.41) is 0.583. The van der Waals surface area contributed by atoms with E-state index in [4.69, 9.17) is 4.98 Å². The first-order valence-electron chi connectivity index (χ1n) is 12.0. The number of thiazole rings is 1. The third kappa shape index (κ3) is 4.78. The second-order valence-electron chi connectivity index (χ2n) is 9.05. The van der Waals surface area contributed by atoms with E-state index < -0.39 is 10.0 Å². The minimum Gasteiger partial charge on any atom is -0.278 e. The van der Waals surface area contributed by atoms with Gasteiger partial charge in [-0.15, -0.1) is 0 Å². The van der Waals surface area contributed by atoms with Crippen molar-refractivity contribution in [2.45, 2.75) is 44.6 Å². The van der Waals surface area contributed by atoms with Gasteiger partial charge < -0.3 is 0 Å². The van der Waals surface area contributed by atoms with Gasteiger partial charge in [0.25, 0.3) is 5.91 Å². The highest BCUT2D eigenvalue weighted by Gasteiger charge is 2.27. The van der Waals surface area contributed by atoms with E-state index in [2.05, 4.69) is 11.1 Å². The van der Waals surface area contributed by atoms with E-state index >= 15 is 0 Å². The van der Waals surface area contributed by atoms with E-state index in [1.54, 1.807) is 23.2 Å². The molecule has 0 N–H and O–H groups in total. The Morgan fingerprint density at radius 2 is 1.75 bits per heavy atom. The number of benzene rings is 2. The average molecular weight is 521 g/mol. The largest absolute Gasteiger partial charge is 0.278 e. The minimum atomic E-state index is -3.56. The van der Waals surface area contributed by atoms with E-state index in [1.807, 2.05) is 38.1 Å². The molecule has 0 spiro atoms. The van der Waals surface area contributed by atoms with Gasteiger partial charge in [0.1, 0.15) is 0 Å². The van der Waals surface area contributed by atoms with Gasteiger partial charge in [-0.1, -0.05) is 29.9 Å². The van der Waals surface area contributed by atoms with Crippen LogP contribution in [0.1, 0.15) is 46.4 Å².